The third-order valence-corrected chi connectivity index (χ3v) is 7.31. The molecule has 0 radical (unpaired) electrons. The summed E-state index contributed by atoms with van der Waals surface area (Å²) in [6.45, 7) is 0. The first kappa shape index (κ1) is 23.5. The number of benzene rings is 4. The Kier molecular flexibility index (Phi) is 6.09. The highest BCUT2D eigenvalue weighted by atomic mass is 16.6. The summed E-state index contributed by atoms with van der Waals surface area (Å²) in [6.07, 6.45) is 5.30. The van der Waals surface area contributed by atoms with Gasteiger partial charge in [0.25, 0.3) is 11.6 Å². The van der Waals surface area contributed by atoms with E-state index in [1.54, 1.807) is 12.1 Å². The standard InChI is InChI=1S/C31H26N4O3/c36-31(33-23-16-14-22(15-17-23)32-21-6-2-1-3-7-21)28-11-5-10-27-25-8-4-9-26(25)29(34-30(27)28)20-12-18-24(19-13-20)35(37)38/h1-8,10-19,25-26,29,32,34H,9H2,(H,33,36). The number of hydrogen-bond donors (Lipinski definition) is 3. The van der Waals surface area contributed by atoms with E-state index in [9.17, 15) is 14.9 Å². The van der Waals surface area contributed by atoms with Crippen LogP contribution < -0.4 is 16.0 Å². The number of carbonyl (C=O) groups is 1. The molecule has 6 rings (SSSR count). The number of nitrogens with zero attached hydrogens (tertiary/aromatic N) is 1. The molecule has 0 fully saturated rings. The molecule has 1 amide bonds. The number of rotatable bonds is 6. The number of nitro groups is 1. The maximum Gasteiger partial charge on any atom is 0.269 e. The van der Waals surface area contributed by atoms with Crippen molar-refractivity contribution >= 4 is 34.3 Å². The summed E-state index contributed by atoms with van der Waals surface area (Å²) in [5.41, 5.74) is 6.13. The van der Waals surface area contributed by atoms with E-state index in [0.717, 1.165) is 34.6 Å². The van der Waals surface area contributed by atoms with Gasteiger partial charge in [-0.05, 0) is 65.9 Å². The van der Waals surface area contributed by atoms with Gasteiger partial charge in [-0.25, -0.2) is 0 Å². The van der Waals surface area contributed by atoms with Gasteiger partial charge in [0.2, 0.25) is 0 Å². The predicted molar refractivity (Wildman–Crippen MR) is 150 cm³/mol. The summed E-state index contributed by atoms with van der Waals surface area (Å²) in [5.74, 6) is 0.246. The van der Waals surface area contributed by atoms with Gasteiger partial charge in [-0.1, -0.05) is 54.6 Å². The molecule has 3 unspecified atom stereocenters. The first-order chi connectivity index (χ1) is 18.6. The van der Waals surface area contributed by atoms with Gasteiger partial charge in [0.1, 0.15) is 0 Å². The highest BCUT2D eigenvalue weighted by molar-refractivity contribution is 6.08. The fourth-order valence-electron chi connectivity index (χ4n) is 5.47. The first-order valence-corrected chi connectivity index (χ1v) is 12.6. The average molecular weight is 503 g/mol. The second-order valence-electron chi connectivity index (χ2n) is 9.62. The van der Waals surface area contributed by atoms with E-state index in [1.165, 1.54) is 0 Å². The number of hydrogen-bond acceptors (Lipinski definition) is 5. The van der Waals surface area contributed by atoms with Crippen LogP contribution >= 0.6 is 0 Å². The molecule has 0 bridgehead atoms. The van der Waals surface area contributed by atoms with Crippen molar-refractivity contribution in [2.75, 3.05) is 16.0 Å². The second-order valence-corrected chi connectivity index (χ2v) is 9.62. The Morgan fingerprint density at radius 2 is 1.55 bits per heavy atom. The molecule has 0 aromatic heterocycles. The van der Waals surface area contributed by atoms with Gasteiger partial charge in [0.05, 0.1) is 22.2 Å². The molecular weight excluding hydrogens is 476 g/mol. The molecule has 1 aliphatic heterocycles. The molecule has 7 nitrogen and oxygen atoms in total. The molecule has 7 heteroatoms. The number of allylic oxidation sites excluding steroid dienone is 2. The van der Waals surface area contributed by atoms with E-state index < -0.39 is 0 Å². The Labute approximate surface area is 220 Å². The zero-order chi connectivity index (χ0) is 26.1. The average Bonchev–Trinajstić information content (AvgIpc) is 3.44. The molecule has 2 aliphatic rings. The summed E-state index contributed by atoms with van der Waals surface area (Å²) in [6, 6.07) is 30.0. The lowest BCUT2D eigenvalue weighted by Gasteiger charge is -2.38. The molecule has 3 N–H and O–H groups in total. The topological polar surface area (TPSA) is 96.3 Å². The Morgan fingerprint density at radius 3 is 2.29 bits per heavy atom. The molecule has 3 atom stereocenters. The van der Waals surface area contributed by atoms with Crippen molar-refractivity contribution in [1.29, 1.82) is 0 Å². The van der Waals surface area contributed by atoms with Crippen molar-refractivity contribution < 1.29 is 9.72 Å². The fraction of sp³-hybridized carbons (Fsp3) is 0.129. The van der Waals surface area contributed by atoms with Crippen LogP contribution in [0.2, 0.25) is 0 Å². The maximum atomic E-state index is 13.5. The second kappa shape index (κ2) is 9.86. The first-order valence-electron chi connectivity index (χ1n) is 12.6. The zero-order valence-corrected chi connectivity index (χ0v) is 20.5. The highest BCUT2D eigenvalue weighted by Gasteiger charge is 2.39. The molecule has 1 heterocycles. The zero-order valence-electron chi connectivity index (χ0n) is 20.5. The van der Waals surface area contributed by atoms with Gasteiger partial charge in [-0.15, -0.1) is 0 Å². The molecule has 4 aromatic carbocycles. The Balaban J connectivity index is 1.25. The van der Waals surface area contributed by atoms with E-state index in [2.05, 4.69) is 34.2 Å². The fourth-order valence-corrected chi connectivity index (χ4v) is 5.47. The van der Waals surface area contributed by atoms with Gasteiger partial charge < -0.3 is 16.0 Å². The smallest absolute Gasteiger partial charge is 0.269 e. The minimum atomic E-state index is -0.389. The predicted octanol–water partition coefficient (Wildman–Crippen LogP) is 7.42. The van der Waals surface area contributed by atoms with Crippen LogP contribution in [0, 0.1) is 16.0 Å². The van der Waals surface area contributed by atoms with Crippen LogP contribution in [0.15, 0.2) is 109 Å². The third kappa shape index (κ3) is 4.50. The molecule has 38 heavy (non-hydrogen) atoms. The summed E-state index contributed by atoms with van der Waals surface area (Å²) in [7, 11) is 0. The normalized spacial score (nSPS) is 19.1. The summed E-state index contributed by atoms with van der Waals surface area (Å²) in [5, 5.41) is 21.1. The molecule has 4 aromatic rings. The lowest BCUT2D eigenvalue weighted by molar-refractivity contribution is -0.384. The Morgan fingerprint density at radius 1 is 0.842 bits per heavy atom. The quantitative estimate of drug-likeness (QED) is 0.145. The Bertz CT molecular complexity index is 1520. The van der Waals surface area contributed by atoms with Gasteiger partial charge in [0.15, 0.2) is 0 Å². The molecule has 0 saturated heterocycles. The molecule has 188 valence electrons. The van der Waals surface area contributed by atoms with Gasteiger partial charge in [-0.2, -0.15) is 0 Å². The number of nitrogens with one attached hydrogen (secondary N) is 3. The van der Waals surface area contributed by atoms with Crippen LogP contribution in [0.1, 0.15) is 39.9 Å². The number of non-ortho nitro benzene ring substituents is 1. The van der Waals surface area contributed by atoms with Crippen LogP contribution in [0.25, 0.3) is 0 Å². The molecule has 1 aliphatic carbocycles. The van der Waals surface area contributed by atoms with Crippen LogP contribution in [-0.4, -0.2) is 10.8 Å². The van der Waals surface area contributed by atoms with E-state index in [-0.39, 0.29) is 34.4 Å². The summed E-state index contributed by atoms with van der Waals surface area (Å²) >= 11 is 0. The highest BCUT2D eigenvalue weighted by Crippen LogP contribution is 2.50. The number of nitro benzene ring substituents is 1. The van der Waals surface area contributed by atoms with E-state index in [4.69, 9.17) is 0 Å². The van der Waals surface area contributed by atoms with Crippen molar-refractivity contribution in [1.82, 2.24) is 0 Å². The minimum Gasteiger partial charge on any atom is -0.377 e. The maximum absolute atomic E-state index is 13.5. The van der Waals surface area contributed by atoms with E-state index >= 15 is 0 Å². The molecular formula is C31H26N4O3. The SMILES string of the molecule is O=C(Nc1ccc(Nc2ccccc2)cc1)c1cccc2c1NC(c1ccc([N+](=O)[O-])cc1)C1CC=CC21. The van der Waals surface area contributed by atoms with Crippen molar-refractivity contribution in [2.45, 2.75) is 18.4 Å². The minimum absolute atomic E-state index is 0.0658. The van der Waals surface area contributed by atoms with Gasteiger partial charge in [-0.3, -0.25) is 14.9 Å². The lowest BCUT2D eigenvalue weighted by Crippen LogP contribution is -2.30. The van der Waals surface area contributed by atoms with Crippen LogP contribution in [0.4, 0.5) is 28.4 Å². The summed E-state index contributed by atoms with van der Waals surface area (Å²) < 4.78 is 0. The van der Waals surface area contributed by atoms with E-state index in [1.807, 2.05) is 78.9 Å². The number of fused-ring (bicyclic) bond motifs is 3. The number of carbonyl (C=O) groups excluding carboxylic acids is 1. The van der Waals surface area contributed by atoms with Crippen molar-refractivity contribution in [3.8, 4) is 0 Å². The number of anilines is 4. The third-order valence-electron chi connectivity index (χ3n) is 7.31. The Hall–Kier alpha value is -4.91. The van der Waals surface area contributed by atoms with Gasteiger partial charge in [0, 0.05) is 35.1 Å². The largest absolute Gasteiger partial charge is 0.377 e. The number of para-hydroxylation sites is 2. The number of amides is 1. The molecule has 0 spiro atoms. The van der Waals surface area contributed by atoms with Crippen molar-refractivity contribution in [3.63, 3.8) is 0 Å². The lowest BCUT2D eigenvalue weighted by atomic mass is 9.76. The van der Waals surface area contributed by atoms with E-state index in [0.29, 0.717) is 11.3 Å². The van der Waals surface area contributed by atoms with Gasteiger partial charge >= 0.3 is 0 Å². The van der Waals surface area contributed by atoms with Crippen LogP contribution in [0.3, 0.4) is 0 Å². The van der Waals surface area contributed by atoms with Crippen LogP contribution in [-0.2, 0) is 0 Å². The monoisotopic (exact) mass is 502 g/mol. The molecule has 0 saturated carbocycles. The van der Waals surface area contributed by atoms with Crippen molar-refractivity contribution in [2.24, 2.45) is 5.92 Å². The summed E-state index contributed by atoms with van der Waals surface area (Å²) in [4.78, 5) is 24.2. The van der Waals surface area contributed by atoms with Crippen molar-refractivity contribution in [3.05, 3.63) is 136 Å². The van der Waals surface area contributed by atoms with Crippen LogP contribution in [0.5, 0.6) is 0 Å².